The van der Waals surface area contributed by atoms with Gasteiger partial charge in [-0.2, -0.15) is 0 Å². The number of anilines is 1. The fraction of sp³-hybridized carbons (Fsp3) is 0.385. The molecule has 0 bridgehead atoms. The van der Waals surface area contributed by atoms with Crippen LogP contribution in [0.2, 0.25) is 0 Å². The molecule has 1 saturated heterocycles. The number of esters is 1. The third kappa shape index (κ3) is 3.00. The van der Waals surface area contributed by atoms with Gasteiger partial charge in [-0.3, -0.25) is 4.79 Å². The molecule has 0 saturated carbocycles. The molecule has 0 radical (unpaired) electrons. The smallest absolute Gasteiger partial charge is 0.338 e. The number of rotatable bonds is 3. The zero-order chi connectivity index (χ0) is 13.0. The molecule has 0 aliphatic carbocycles. The number of ether oxygens (including phenoxy) is 1. The molecule has 1 aromatic rings. The molecule has 1 aliphatic heterocycles. The molecule has 2 rings (SSSR count). The maximum Gasteiger partial charge on any atom is 0.338 e. The number of carbonyl (C=O) groups is 2. The highest BCUT2D eigenvalue weighted by molar-refractivity contribution is 5.92. The molecule has 2 N–H and O–H groups in total. The first-order chi connectivity index (χ1) is 8.66. The van der Waals surface area contributed by atoms with E-state index in [9.17, 15) is 9.59 Å². The second kappa shape index (κ2) is 5.53. The molecule has 1 amide bonds. The highest BCUT2D eigenvalue weighted by Crippen LogP contribution is 2.10. The minimum Gasteiger partial charge on any atom is -0.452 e. The van der Waals surface area contributed by atoms with E-state index < -0.39 is 5.97 Å². The van der Waals surface area contributed by atoms with Gasteiger partial charge in [-0.15, -0.1) is 0 Å². The lowest BCUT2D eigenvalue weighted by Crippen LogP contribution is -2.32. The van der Waals surface area contributed by atoms with Crippen molar-refractivity contribution in [1.29, 1.82) is 0 Å². The van der Waals surface area contributed by atoms with Crippen LogP contribution < -0.4 is 5.73 Å². The number of carbonyl (C=O) groups excluding carboxylic acids is 2. The normalized spacial score (nSPS) is 14.6. The maximum absolute atomic E-state index is 11.7. The van der Waals surface area contributed by atoms with Crippen LogP contribution in [0.5, 0.6) is 0 Å². The summed E-state index contributed by atoms with van der Waals surface area (Å²) in [4.78, 5) is 25.1. The molecule has 5 heteroatoms. The van der Waals surface area contributed by atoms with Crippen molar-refractivity contribution in [2.24, 2.45) is 0 Å². The van der Waals surface area contributed by atoms with Gasteiger partial charge >= 0.3 is 5.97 Å². The molecule has 1 heterocycles. The van der Waals surface area contributed by atoms with Crippen molar-refractivity contribution in [1.82, 2.24) is 4.90 Å². The van der Waals surface area contributed by atoms with E-state index in [1.807, 2.05) is 0 Å². The lowest BCUT2D eigenvalue weighted by molar-refractivity contribution is -0.133. The van der Waals surface area contributed by atoms with Crippen LogP contribution in [0.1, 0.15) is 23.2 Å². The monoisotopic (exact) mass is 248 g/mol. The number of amides is 1. The lowest BCUT2D eigenvalue weighted by Gasteiger charge is -2.14. The predicted molar refractivity (Wildman–Crippen MR) is 67.0 cm³/mol. The minimum absolute atomic E-state index is 0.134. The molecule has 0 spiro atoms. The fourth-order valence-electron chi connectivity index (χ4n) is 1.93. The quantitative estimate of drug-likeness (QED) is 0.641. The summed E-state index contributed by atoms with van der Waals surface area (Å²) in [5.74, 6) is -0.653. The zero-order valence-electron chi connectivity index (χ0n) is 10.1. The van der Waals surface area contributed by atoms with E-state index in [2.05, 4.69) is 0 Å². The van der Waals surface area contributed by atoms with Crippen LogP contribution >= 0.6 is 0 Å². The molecule has 0 unspecified atom stereocenters. The Balaban J connectivity index is 1.86. The summed E-state index contributed by atoms with van der Waals surface area (Å²) >= 11 is 0. The Hall–Kier alpha value is -2.04. The number of nitrogens with two attached hydrogens (primary N) is 1. The predicted octanol–water partition coefficient (Wildman–Crippen LogP) is 1.05. The Bertz CT molecular complexity index is 453. The number of nitrogen functional groups attached to an aromatic ring is 1. The van der Waals surface area contributed by atoms with Gasteiger partial charge in [0.15, 0.2) is 6.61 Å². The van der Waals surface area contributed by atoms with Crippen LogP contribution in [-0.4, -0.2) is 36.5 Å². The Morgan fingerprint density at radius 2 is 2.00 bits per heavy atom. The summed E-state index contributed by atoms with van der Waals surface area (Å²) < 4.78 is 4.97. The first-order valence-corrected chi connectivity index (χ1v) is 5.97. The lowest BCUT2D eigenvalue weighted by atomic mass is 10.2. The summed E-state index contributed by atoms with van der Waals surface area (Å²) in [6.45, 7) is 1.32. The third-order valence-electron chi connectivity index (χ3n) is 2.91. The molecular formula is C13H16N2O3. The first-order valence-electron chi connectivity index (χ1n) is 5.97. The summed E-state index contributed by atoms with van der Waals surface area (Å²) in [6, 6.07) is 6.50. The van der Waals surface area contributed by atoms with Crippen LogP contribution in [0.3, 0.4) is 0 Å². The summed E-state index contributed by atoms with van der Waals surface area (Å²) in [5, 5.41) is 0. The van der Waals surface area contributed by atoms with E-state index in [-0.39, 0.29) is 12.5 Å². The maximum atomic E-state index is 11.7. The van der Waals surface area contributed by atoms with E-state index in [0.717, 1.165) is 25.9 Å². The zero-order valence-corrected chi connectivity index (χ0v) is 10.1. The standard InChI is InChI=1S/C13H16N2O3/c14-11-5-3-4-10(8-11)13(17)18-9-12(16)15-6-1-2-7-15/h3-5,8H,1-2,6-7,9,14H2. The van der Waals surface area contributed by atoms with E-state index in [0.29, 0.717) is 11.3 Å². The second-order valence-electron chi connectivity index (χ2n) is 4.29. The number of hydrogen-bond donors (Lipinski definition) is 1. The fourth-order valence-corrected chi connectivity index (χ4v) is 1.93. The SMILES string of the molecule is Nc1cccc(C(=O)OCC(=O)N2CCCC2)c1. The molecule has 1 fully saturated rings. The van der Waals surface area contributed by atoms with Gasteiger partial charge in [0.25, 0.3) is 5.91 Å². The third-order valence-corrected chi connectivity index (χ3v) is 2.91. The Morgan fingerprint density at radius 3 is 2.67 bits per heavy atom. The van der Waals surface area contributed by atoms with Crippen molar-refractivity contribution in [3.63, 3.8) is 0 Å². The van der Waals surface area contributed by atoms with Gasteiger partial charge in [0.2, 0.25) is 0 Å². The topological polar surface area (TPSA) is 72.6 Å². The Kier molecular flexibility index (Phi) is 3.82. The average molecular weight is 248 g/mol. The van der Waals surface area contributed by atoms with Gasteiger partial charge in [0.05, 0.1) is 5.56 Å². The van der Waals surface area contributed by atoms with Gasteiger partial charge in [-0.25, -0.2) is 4.79 Å². The van der Waals surface area contributed by atoms with E-state index in [1.54, 1.807) is 23.1 Å². The average Bonchev–Trinajstić information content (AvgIpc) is 2.89. The van der Waals surface area contributed by atoms with Crippen molar-refractivity contribution in [2.75, 3.05) is 25.4 Å². The van der Waals surface area contributed by atoms with Crippen LogP contribution in [0.4, 0.5) is 5.69 Å². The van der Waals surface area contributed by atoms with Gasteiger partial charge in [-0.05, 0) is 31.0 Å². The van der Waals surface area contributed by atoms with Gasteiger partial charge < -0.3 is 15.4 Å². The molecular weight excluding hydrogens is 232 g/mol. The molecule has 96 valence electrons. The Labute approximate surface area is 106 Å². The Morgan fingerprint density at radius 1 is 1.28 bits per heavy atom. The highest BCUT2D eigenvalue weighted by atomic mass is 16.5. The molecule has 0 atom stereocenters. The number of benzene rings is 1. The van der Waals surface area contributed by atoms with Crippen LogP contribution in [0.15, 0.2) is 24.3 Å². The van der Waals surface area contributed by atoms with Gasteiger partial charge in [0, 0.05) is 18.8 Å². The number of nitrogens with zero attached hydrogens (tertiary/aromatic N) is 1. The van der Waals surface area contributed by atoms with Crippen LogP contribution in [-0.2, 0) is 9.53 Å². The van der Waals surface area contributed by atoms with Crippen LogP contribution in [0, 0.1) is 0 Å². The molecule has 18 heavy (non-hydrogen) atoms. The van der Waals surface area contributed by atoms with Crippen molar-refractivity contribution >= 4 is 17.6 Å². The second-order valence-corrected chi connectivity index (χ2v) is 4.29. The number of likely N-dealkylation sites (tertiary alicyclic amines) is 1. The minimum atomic E-state index is -0.519. The summed E-state index contributed by atoms with van der Waals surface area (Å²) in [7, 11) is 0. The van der Waals surface area contributed by atoms with E-state index in [1.165, 1.54) is 6.07 Å². The largest absolute Gasteiger partial charge is 0.452 e. The summed E-state index contributed by atoms with van der Waals surface area (Å²) in [6.07, 6.45) is 2.05. The highest BCUT2D eigenvalue weighted by Gasteiger charge is 2.19. The van der Waals surface area contributed by atoms with Gasteiger partial charge in [-0.1, -0.05) is 6.07 Å². The van der Waals surface area contributed by atoms with Crippen molar-refractivity contribution in [3.05, 3.63) is 29.8 Å². The molecule has 0 aromatic heterocycles. The number of hydrogen-bond acceptors (Lipinski definition) is 4. The first kappa shape index (κ1) is 12.4. The molecule has 1 aromatic carbocycles. The van der Waals surface area contributed by atoms with Gasteiger partial charge in [0.1, 0.15) is 0 Å². The van der Waals surface area contributed by atoms with Crippen molar-refractivity contribution in [2.45, 2.75) is 12.8 Å². The summed E-state index contributed by atoms with van der Waals surface area (Å²) in [5.41, 5.74) is 6.43. The molecule has 5 nitrogen and oxygen atoms in total. The molecule has 1 aliphatic rings. The van der Waals surface area contributed by atoms with Crippen molar-refractivity contribution < 1.29 is 14.3 Å². The van der Waals surface area contributed by atoms with Crippen LogP contribution in [0.25, 0.3) is 0 Å². The van der Waals surface area contributed by atoms with E-state index in [4.69, 9.17) is 10.5 Å². The van der Waals surface area contributed by atoms with Crippen molar-refractivity contribution in [3.8, 4) is 0 Å². The van der Waals surface area contributed by atoms with E-state index >= 15 is 0 Å².